The molecule has 0 N–H and O–H groups in total. The van der Waals surface area contributed by atoms with Crippen molar-refractivity contribution in [3.05, 3.63) is 23.9 Å². The molecule has 0 saturated carbocycles. The molecule has 0 aliphatic heterocycles. The molecule has 1 aromatic carbocycles. The first-order chi connectivity index (χ1) is 13.3. The van der Waals surface area contributed by atoms with Crippen LogP contribution in [0.25, 0.3) is 10.9 Å². The van der Waals surface area contributed by atoms with E-state index in [0.717, 1.165) is 16.6 Å². The highest BCUT2D eigenvalue weighted by Crippen LogP contribution is 2.40. The minimum atomic E-state index is -1.99. The lowest BCUT2D eigenvalue weighted by molar-refractivity contribution is -0.139. The lowest BCUT2D eigenvalue weighted by Gasteiger charge is -2.37. The van der Waals surface area contributed by atoms with Gasteiger partial charge in [-0.15, -0.1) is 0 Å². The zero-order valence-corrected chi connectivity index (χ0v) is 20.5. The Morgan fingerprint density at radius 2 is 1.79 bits per heavy atom. The fraction of sp³-hybridized carbons (Fsp3) is 0.636. The average molecular weight is 421 g/mol. The Balaban J connectivity index is 2.65. The Bertz CT molecular complexity index is 881. The number of nitrogens with zero attached hydrogens (tertiary/aromatic N) is 2. The molecule has 0 spiro atoms. The van der Waals surface area contributed by atoms with Crippen LogP contribution in [-0.2, 0) is 20.6 Å². The molecule has 1 aromatic heterocycles. The van der Waals surface area contributed by atoms with E-state index in [1.54, 1.807) is 21.1 Å². The highest BCUT2D eigenvalue weighted by molar-refractivity contribution is 6.74. The van der Waals surface area contributed by atoms with E-state index in [1.807, 2.05) is 36.7 Å². The minimum Gasteiger partial charge on any atom is -0.494 e. The van der Waals surface area contributed by atoms with Crippen LogP contribution >= 0.6 is 0 Å². The largest absolute Gasteiger partial charge is 0.494 e. The van der Waals surface area contributed by atoms with E-state index < -0.39 is 20.0 Å². The molecule has 6 nitrogen and oxygen atoms in total. The van der Waals surface area contributed by atoms with E-state index in [9.17, 15) is 4.79 Å². The van der Waals surface area contributed by atoms with Gasteiger partial charge in [-0.3, -0.25) is 4.79 Å². The second-order valence-electron chi connectivity index (χ2n) is 9.66. The number of ketones is 1. The second-order valence-corrected chi connectivity index (χ2v) is 14.5. The molecule has 1 atom stereocenters. The molecule has 0 fully saturated rings. The third kappa shape index (κ3) is 4.42. The zero-order valence-electron chi connectivity index (χ0n) is 19.5. The molecule has 162 valence electrons. The molecular weight excluding hydrogens is 384 g/mol. The maximum Gasteiger partial charge on any atom is 0.192 e. The molecule has 2 aromatic rings. The molecule has 29 heavy (non-hydrogen) atoms. The molecule has 7 heteroatoms. The maximum absolute atomic E-state index is 12.4. The molecule has 0 aliphatic carbocycles. The summed E-state index contributed by atoms with van der Waals surface area (Å²) in [6, 6.07) is 5.84. The molecule has 0 saturated heterocycles. The Morgan fingerprint density at radius 1 is 1.17 bits per heavy atom. The van der Waals surface area contributed by atoms with Crippen molar-refractivity contribution in [2.45, 2.75) is 72.5 Å². The second kappa shape index (κ2) is 8.20. The van der Waals surface area contributed by atoms with Crippen LogP contribution in [0.2, 0.25) is 18.1 Å². The van der Waals surface area contributed by atoms with Crippen molar-refractivity contribution in [3.63, 3.8) is 0 Å². The molecule has 0 radical (unpaired) electrons. The van der Waals surface area contributed by atoms with Gasteiger partial charge in [0.1, 0.15) is 17.0 Å². The normalized spacial score (nSPS) is 14.3. The zero-order chi connectivity index (χ0) is 22.2. The molecule has 2 rings (SSSR count). The first kappa shape index (κ1) is 23.6. The van der Waals surface area contributed by atoms with E-state index >= 15 is 0 Å². The number of ether oxygens (including phenoxy) is 2. The Morgan fingerprint density at radius 3 is 2.28 bits per heavy atom. The van der Waals surface area contributed by atoms with Crippen molar-refractivity contribution in [2.24, 2.45) is 5.41 Å². The fourth-order valence-electron chi connectivity index (χ4n) is 2.99. The predicted molar refractivity (Wildman–Crippen MR) is 119 cm³/mol. The lowest BCUT2D eigenvalue weighted by Crippen LogP contribution is -2.41. The van der Waals surface area contributed by atoms with Gasteiger partial charge in [0.05, 0.1) is 24.8 Å². The number of hydrogen-bond donors (Lipinski definition) is 0. The summed E-state index contributed by atoms with van der Waals surface area (Å²) in [5, 5.41) is 5.85. The van der Waals surface area contributed by atoms with Gasteiger partial charge in [0.2, 0.25) is 0 Å². The van der Waals surface area contributed by atoms with Crippen LogP contribution in [0.4, 0.5) is 0 Å². The number of hydrogen-bond acceptors (Lipinski definition) is 5. The van der Waals surface area contributed by atoms with Crippen LogP contribution in [0.1, 0.15) is 53.5 Å². The van der Waals surface area contributed by atoms with E-state index in [1.165, 1.54) is 0 Å². The van der Waals surface area contributed by atoms with Crippen LogP contribution in [0.3, 0.4) is 0 Å². The van der Waals surface area contributed by atoms with Gasteiger partial charge < -0.3 is 13.9 Å². The van der Waals surface area contributed by atoms with Gasteiger partial charge in [-0.2, -0.15) is 5.10 Å². The number of rotatable bonds is 8. The van der Waals surface area contributed by atoms with Gasteiger partial charge in [0.25, 0.3) is 0 Å². The Hall–Kier alpha value is -1.70. The number of carbonyl (C=O) groups excluding carboxylic acids is 1. The van der Waals surface area contributed by atoms with Crippen molar-refractivity contribution in [1.29, 1.82) is 0 Å². The molecular formula is C22H36N2O4Si. The van der Waals surface area contributed by atoms with E-state index in [-0.39, 0.29) is 10.8 Å². The summed E-state index contributed by atoms with van der Waals surface area (Å²) in [6.07, 6.45) is -0.560. The van der Waals surface area contributed by atoms with Crippen molar-refractivity contribution < 1.29 is 18.7 Å². The third-order valence-corrected chi connectivity index (χ3v) is 10.8. The SMILES string of the molecule is COc1cccc2c(CO[Si](C)(C)C(C)(C)C)n([C@@H](OC)C(C)(C)C(C)=O)nc12. The van der Waals surface area contributed by atoms with Crippen LogP contribution in [0.15, 0.2) is 18.2 Å². The number of methoxy groups -OCH3 is 2. The molecule has 1 heterocycles. The average Bonchev–Trinajstić information content (AvgIpc) is 2.97. The van der Waals surface area contributed by atoms with Crippen molar-refractivity contribution >= 4 is 25.0 Å². The number of fused-ring (bicyclic) bond motifs is 1. The lowest BCUT2D eigenvalue weighted by atomic mass is 9.86. The predicted octanol–water partition coefficient (Wildman–Crippen LogP) is 5.33. The third-order valence-electron chi connectivity index (χ3n) is 6.36. The van der Waals surface area contributed by atoms with Gasteiger partial charge in [0.15, 0.2) is 14.5 Å². The summed E-state index contributed by atoms with van der Waals surface area (Å²) in [4.78, 5) is 12.4. The number of carbonyl (C=O) groups is 1. The summed E-state index contributed by atoms with van der Waals surface area (Å²) in [5.74, 6) is 0.720. The maximum atomic E-state index is 12.4. The van der Waals surface area contributed by atoms with Gasteiger partial charge >= 0.3 is 0 Å². The van der Waals surface area contributed by atoms with E-state index in [4.69, 9.17) is 19.0 Å². The van der Waals surface area contributed by atoms with Crippen LogP contribution in [0, 0.1) is 5.41 Å². The molecule has 0 bridgehead atoms. The minimum absolute atomic E-state index is 0.0344. The first-order valence-corrected chi connectivity index (χ1v) is 12.9. The molecule has 0 unspecified atom stereocenters. The smallest absolute Gasteiger partial charge is 0.192 e. The van der Waals surface area contributed by atoms with Crippen LogP contribution in [-0.4, -0.2) is 38.1 Å². The van der Waals surface area contributed by atoms with Crippen molar-refractivity contribution in [2.75, 3.05) is 14.2 Å². The Kier molecular flexibility index (Phi) is 6.67. The van der Waals surface area contributed by atoms with Gasteiger partial charge in [-0.25, -0.2) is 4.68 Å². The van der Waals surface area contributed by atoms with Gasteiger partial charge in [-0.1, -0.05) is 32.9 Å². The molecule has 0 aliphatic rings. The van der Waals surface area contributed by atoms with E-state index in [2.05, 4.69) is 33.9 Å². The number of benzene rings is 1. The summed E-state index contributed by atoms with van der Waals surface area (Å²) < 4.78 is 19.7. The van der Waals surface area contributed by atoms with Crippen LogP contribution in [0.5, 0.6) is 5.75 Å². The highest BCUT2D eigenvalue weighted by Gasteiger charge is 2.40. The van der Waals surface area contributed by atoms with Crippen molar-refractivity contribution in [3.8, 4) is 5.75 Å². The summed E-state index contributed by atoms with van der Waals surface area (Å²) in [7, 11) is 1.25. The summed E-state index contributed by atoms with van der Waals surface area (Å²) in [6.45, 7) is 16.8. The van der Waals surface area contributed by atoms with Crippen molar-refractivity contribution in [1.82, 2.24) is 9.78 Å². The summed E-state index contributed by atoms with van der Waals surface area (Å²) >= 11 is 0. The standard InChI is InChI=1S/C22H36N2O4Si/c1-15(25)22(5,6)20(27-8)24-17(14-28-29(9,10)21(2,3)4)16-12-11-13-18(26-7)19(16)23-24/h11-13,20H,14H2,1-10H3/t20-/m0/s1. The summed E-state index contributed by atoms with van der Waals surface area (Å²) in [5.41, 5.74) is 0.880. The Labute approximate surface area is 175 Å². The van der Waals surface area contributed by atoms with Gasteiger partial charge in [-0.05, 0) is 45.0 Å². The number of aromatic nitrogens is 2. The monoisotopic (exact) mass is 420 g/mol. The quantitative estimate of drug-likeness (QED) is 0.540. The van der Waals surface area contributed by atoms with Gasteiger partial charge in [0, 0.05) is 12.5 Å². The topological polar surface area (TPSA) is 62.6 Å². The molecule has 0 amide bonds. The fourth-order valence-corrected chi connectivity index (χ4v) is 3.92. The first-order valence-electron chi connectivity index (χ1n) is 9.99. The van der Waals surface area contributed by atoms with E-state index in [0.29, 0.717) is 12.4 Å². The number of Topliss-reactive ketones (excluding diaryl/α,β-unsaturated/α-hetero) is 1. The highest BCUT2D eigenvalue weighted by atomic mass is 28.4. The van der Waals surface area contributed by atoms with Crippen LogP contribution < -0.4 is 4.74 Å².